The number of rotatable bonds is 4. The standard InChI is InChI=1S/C11H9F3N6O3/c1-23-8(21)5-3-2-4-15-6(5)7-16-9(18-10(22)17-7)19-20-11(12,13)14/h2-4,20H,1H3,(H2,16,17,18,19,22). The van der Waals surface area contributed by atoms with E-state index in [1.54, 1.807) is 5.43 Å². The maximum absolute atomic E-state index is 12.1. The number of hydrazine groups is 1. The number of H-pyrrole nitrogens is 1. The van der Waals surface area contributed by atoms with Crippen LogP contribution < -0.4 is 16.5 Å². The second-order valence-electron chi connectivity index (χ2n) is 3.96. The van der Waals surface area contributed by atoms with Crippen LogP contribution >= 0.6 is 0 Å². The summed E-state index contributed by atoms with van der Waals surface area (Å²) in [5.41, 5.74) is 1.50. The van der Waals surface area contributed by atoms with Crippen molar-refractivity contribution in [3.05, 3.63) is 34.4 Å². The molecule has 2 aromatic heterocycles. The summed E-state index contributed by atoms with van der Waals surface area (Å²) >= 11 is 0. The molecule has 2 heterocycles. The zero-order valence-electron chi connectivity index (χ0n) is 11.4. The summed E-state index contributed by atoms with van der Waals surface area (Å²) < 4.78 is 40.8. The molecule has 0 unspecified atom stereocenters. The van der Waals surface area contributed by atoms with Crippen molar-refractivity contribution in [2.45, 2.75) is 6.30 Å². The van der Waals surface area contributed by atoms with Crippen molar-refractivity contribution in [1.82, 2.24) is 25.4 Å². The van der Waals surface area contributed by atoms with Crippen LogP contribution in [0.1, 0.15) is 10.4 Å². The molecule has 3 N–H and O–H groups in total. The highest BCUT2D eigenvalue weighted by atomic mass is 19.4. The maximum atomic E-state index is 12.1. The molecule has 0 saturated carbocycles. The summed E-state index contributed by atoms with van der Waals surface area (Å²) in [4.78, 5) is 36.1. The van der Waals surface area contributed by atoms with Crippen LogP contribution in [0.2, 0.25) is 0 Å². The van der Waals surface area contributed by atoms with E-state index < -0.39 is 23.9 Å². The SMILES string of the molecule is COC(=O)c1cccnc1-c1nc(NNC(F)(F)F)nc(=O)[nH]1. The quantitative estimate of drug-likeness (QED) is 0.420. The van der Waals surface area contributed by atoms with Crippen molar-refractivity contribution in [2.24, 2.45) is 0 Å². The zero-order valence-corrected chi connectivity index (χ0v) is 11.4. The molecule has 0 aliphatic rings. The van der Waals surface area contributed by atoms with E-state index in [9.17, 15) is 22.8 Å². The molecule has 0 aliphatic heterocycles. The number of methoxy groups -OCH3 is 1. The summed E-state index contributed by atoms with van der Waals surface area (Å²) in [6.07, 6.45) is -3.45. The Labute approximate surface area is 125 Å². The van der Waals surface area contributed by atoms with Crippen molar-refractivity contribution >= 4 is 11.9 Å². The minimum Gasteiger partial charge on any atom is -0.465 e. The summed E-state index contributed by atoms with van der Waals surface area (Å²) in [5.74, 6) is -1.66. The van der Waals surface area contributed by atoms with Gasteiger partial charge in [0.2, 0.25) is 5.95 Å². The third-order valence-corrected chi connectivity index (χ3v) is 2.40. The molecule has 9 nitrogen and oxygen atoms in total. The number of hydrogen-bond donors (Lipinski definition) is 3. The number of alkyl halides is 3. The van der Waals surface area contributed by atoms with Crippen LogP contribution in [0.4, 0.5) is 19.1 Å². The van der Waals surface area contributed by atoms with Gasteiger partial charge in [-0.05, 0) is 12.1 Å². The number of anilines is 1. The first-order valence-electron chi connectivity index (χ1n) is 5.92. The molecule has 0 aliphatic carbocycles. The minimum absolute atomic E-state index is 0.0286. The number of nitrogens with zero attached hydrogens (tertiary/aromatic N) is 3. The lowest BCUT2D eigenvalue weighted by atomic mass is 10.2. The second-order valence-corrected chi connectivity index (χ2v) is 3.96. The lowest BCUT2D eigenvalue weighted by molar-refractivity contribution is -0.151. The first-order valence-corrected chi connectivity index (χ1v) is 5.92. The summed E-state index contributed by atoms with van der Waals surface area (Å²) in [6.45, 7) is 0. The molecule has 0 aromatic carbocycles. The van der Waals surface area contributed by atoms with E-state index in [0.29, 0.717) is 0 Å². The Kier molecular flexibility index (Phi) is 4.55. The number of carbonyl (C=O) groups excluding carboxylic acids is 1. The number of carbonyl (C=O) groups is 1. The molecule has 0 radical (unpaired) electrons. The molecule has 23 heavy (non-hydrogen) atoms. The number of nitrogens with one attached hydrogen (secondary N) is 3. The van der Waals surface area contributed by atoms with E-state index >= 15 is 0 Å². The second kappa shape index (κ2) is 6.39. The Bertz CT molecular complexity index is 776. The number of halogens is 3. The fraction of sp³-hybridized carbons (Fsp3) is 0.182. The van der Waals surface area contributed by atoms with Crippen LogP contribution in [0, 0.1) is 0 Å². The zero-order chi connectivity index (χ0) is 17.0. The minimum atomic E-state index is -4.76. The van der Waals surface area contributed by atoms with Crippen molar-refractivity contribution in [3.63, 3.8) is 0 Å². The van der Waals surface area contributed by atoms with Crippen molar-refractivity contribution < 1.29 is 22.7 Å². The van der Waals surface area contributed by atoms with Gasteiger partial charge in [0.05, 0.1) is 12.7 Å². The number of ether oxygens (including phenoxy) is 1. The van der Waals surface area contributed by atoms with Gasteiger partial charge < -0.3 is 4.74 Å². The Balaban J connectivity index is 2.43. The largest absolute Gasteiger partial charge is 0.474 e. The van der Waals surface area contributed by atoms with Crippen LogP contribution in [0.5, 0.6) is 0 Å². The van der Waals surface area contributed by atoms with E-state index in [0.717, 1.165) is 12.5 Å². The van der Waals surface area contributed by atoms with Gasteiger partial charge in [0.15, 0.2) is 5.82 Å². The van der Waals surface area contributed by atoms with Crippen LogP contribution in [0.3, 0.4) is 0 Å². The first kappa shape index (κ1) is 16.4. The topological polar surface area (TPSA) is 122 Å². The summed E-state index contributed by atoms with van der Waals surface area (Å²) in [7, 11) is 1.14. The van der Waals surface area contributed by atoms with Gasteiger partial charge in [0.1, 0.15) is 5.69 Å². The van der Waals surface area contributed by atoms with E-state index in [1.165, 1.54) is 18.3 Å². The molecule has 12 heteroatoms. The van der Waals surface area contributed by atoms with Gasteiger partial charge in [-0.25, -0.2) is 9.59 Å². The Hall–Kier alpha value is -3.02. The van der Waals surface area contributed by atoms with Gasteiger partial charge >= 0.3 is 18.0 Å². The van der Waals surface area contributed by atoms with E-state index in [-0.39, 0.29) is 17.1 Å². The number of aromatic nitrogens is 4. The van der Waals surface area contributed by atoms with Crippen LogP contribution in [0.15, 0.2) is 23.1 Å². The third kappa shape index (κ3) is 4.23. The highest BCUT2D eigenvalue weighted by Gasteiger charge is 2.27. The number of esters is 1. The summed E-state index contributed by atoms with van der Waals surface area (Å²) in [6, 6.07) is 2.80. The van der Waals surface area contributed by atoms with E-state index in [4.69, 9.17) is 0 Å². The average Bonchev–Trinajstić information content (AvgIpc) is 2.51. The van der Waals surface area contributed by atoms with Gasteiger partial charge in [-0.15, -0.1) is 5.43 Å². The highest BCUT2D eigenvalue weighted by molar-refractivity contribution is 5.95. The molecule has 0 amide bonds. The smallest absolute Gasteiger partial charge is 0.465 e. The van der Waals surface area contributed by atoms with Crippen LogP contribution in [-0.4, -0.2) is 39.3 Å². The molecule has 0 fully saturated rings. The summed E-state index contributed by atoms with van der Waals surface area (Å²) in [5, 5.41) is 0. The van der Waals surface area contributed by atoms with Gasteiger partial charge in [0, 0.05) is 6.20 Å². The van der Waals surface area contributed by atoms with Crippen LogP contribution in [0.25, 0.3) is 11.5 Å². The van der Waals surface area contributed by atoms with Crippen molar-refractivity contribution in [1.29, 1.82) is 0 Å². The predicted molar refractivity (Wildman–Crippen MR) is 70.0 cm³/mol. The molecular formula is C11H9F3N6O3. The molecule has 0 atom stereocenters. The fourth-order valence-corrected chi connectivity index (χ4v) is 1.55. The molecule has 2 rings (SSSR count). The molecule has 0 saturated heterocycles. The van der Waals surface area contributed by atoms with E-state index in [1.807, 2.05) is 0 Å². The van der Waals surface area contributed by atoms with Gasteiger partial charge in [-0.2, -0.15) is 23.1 Å². The van der Waals surface area contributed by atoms with Crippen molar-refractivity contribution in [2.75, 3.05) is 12.5 Å². The number of pyridine rings is 1. The highest BCUT2D eigenvalue weighted by Crippen LogP contribution is 2.18. The Morgan fingerprint density at radius 1 is 1.35 bits per heavy atom. The monoisotopic (exact) mass is 330 g/mol. The van der Waals surface area contributed by atoms with Gasteiger partial charge in [-0.3, -0.25) is 15.4 Å². The number of aromatic amines is 1. The molecule has 0 bridgehead atoms. The maximum Gasteiger partial charge on any atom is 0.474 e. The average molecular weight is 330 g/mol. The first-order chi connectivity index (χ1) is 10.8. The van der Waals surface area contributed by atoms with Crippen LogP contribution in [-0.2, 0) is 4.74 Å². The molecule has 122 valence electrons. The molecule has 2 aromatic rings. The van der Waals surface area contributed by atoms with Gasteiger partial charge in [0.25, 0.3) is 0 Å². The molecule has 0 spiro atoms. The van der Waals surface area contributed by atoms with Gasteiger partial charge in [-0.1, -0.05) is 0 Å². The Morgan fingerprint density at radius 3 is 2.74 bits per heavy atom. The van der Waals surface area contributed by atoms with Crippen molar-refractivity contribution in [3.8, 4) is 11.5 Å². The molecular weight excluding hydrogens is 321 g/mol. The lowest BCUT2D eigenvalue weighted by Gasteiger charge is -2.10. The fourth-order valence-electron chi connectivity index (χ4n) is 1.55. The third-order valence-electron chi connectivity index (χ3n) is 2.40. The normalized spacial score (nSPS) is 11.1. The van der Waals surface area contributed by atoms with E-state index in [2.05, 4.69) is 24.7 Å². The predicted octanol–water partition coefficient (Wildman–Crippen LogP) is 0.450. The Morgan fingerprint density at radius 2 is 2.09 bits per heavy atom. The lowest BCUT2D eigenvalue weighted by Crippen LogP contribution is -2.38. The number of hydrogen-bond acceptors (Lipinski definition) is 8.